The summed E-state index contributed by atoms with van der Waals surface area (Å²) in [5, 5.41) is 7.13. The molecular weight excluding hydrogens is 314 g/mol. The van der Waals surface area contributed by atoms with Gasteiger partial charge in [-0.25, -0.2) is 0 Å². The maximum atomic E-state index is 12.0. The van der Waals surface area contributed by atoms with Crippen molar-refractivity contribution in [3.63, 3.8) is 0 Å². The predicted octanol–water partition coefficient (Wildman–Crippen LogP) is 3.63. The van der Waals surface area contributed by atoms with Crippen LogP contribution in [0.2, 0.25) is 5.02 Å². The van der Waals surface area contributed by atoms with Gasteiger partial charge in [0.05, 0.1) is 6.54 Å². The summed E-state index contributed by atoms with van der Waals surface area (Å²) < 4.78 is 5.23. The molecular formula is C17H14ClN3O2. The number of benzene rings is 2. The second-order valence-corrected chi connectivity index (χ2v) is 5.51. The van der Waals surface area contributed by atoms with Gasteiger partial charge in [0.25, 0.3) is 11.8 Å². The molecule has 116 valence electrons. The Morgan fingerprint density at radius 1 is 1.22 bits per heavy atom. The first-order valence-electron chi connectivity index (χ1n) is 7.05. The number of carbonyl (C=O) groups excluding carboxylic acids is 1. The molecule has 0 fully saturated rings. The maximum absolute atomic E-state index is 12.0. The smallest absolute Gasteiger partial charge is 0.257 e. The fourth-order valence-corrected chi connectivity index (χ4v) is 2.30. The Hall–Kier alpha value is -2.66. The zero-order valence-electron chi connectivity index (χ0n) is 12.4. The number of nitrogens with zero attached hydrogens (tertiary/aromatic N) is 2. The lowest BCUT2D eigenvalue weighted by Crippen LogP contribution is -2.23. The Morgan fingerprint density at radius 3 is 2.83 bits per heavy atom. The average molecular weight is 328 g/mol. The summed E-state index contributed by atoms with van der Waals surface area (Å²) in [5.74, 6) is 0.604. The normalized spacial score (nSPS) is 10.5. The summed E-state index contributed by atoms with van der Waals surface area (Å²) in [4.78, 5) is 16.3. The average Bonchev–Trinajstić information content (AvgIpc) is 3.01. The molecule has 0 radical (unpaired) electrons. The van der Waals surface area contributed by atoms with Crippen LogP contribution in [-0.4, -0.2) is 16.0 Å². The number of hydrogen-bond donors (Lipinski definition) is 1. The lowest BCUT2D eigenvalue weighted by molar-refractivity contribution is 0.0949. The lowest BCUT2D eigenvalue weighted by atomic mass is 10.1. The van der Waals surface area contributed by atoms with Crippen LogP contribution in [0.25, 0.3) is 11.5 Å². The fraction of sp³-hybridized carbons (Fsp3) is 0.118. The predicted molar refractivity (Wildman–Crippen MR) is 87.1 cm³/mol. The van der Waals surface area contributed by atoms with E-state index >= 15 is 0 Å². The molecule has 1 heterocycles. The minimum atomic E-state index is -0.241. The summed E-state index contributed by atoms with van der Waals surface area (Å²) in [6.07, 6.45) is 0. The number of nitrogens with one attached hydrogen (secondary N) is 1. The van der Waals surface area contributed by atoms with Gasteiger partial charge in [-0.05, 0) is 37.3 Å². The van der Waals surface area contributed by atoms with E-state index in [-0.39, 0.29) is 12.5 Å². The van der Waals surface area contributed by atoms with E-state index in [1.54, 1.807) is 24.3 Å². The summed E-state index contributed by atoms with van der Waals surface area (Å²) in [6, 6.07) is 14.5. The Balaban J connectivity index is 1.67. The highest BCUT2D eigenvalue weighted by Gasteiger charge is 2.11. The lowest BCUT2D eigenvalue weighted by Gasteiger charge is -2.02. The van der Waals surface area contributed by atoms with Gasteiger partial charge in [-0.1, -0.05) is 40.5 Å². The molecule has 0 spiro atoms. The summed E-state index contributed by atoms with van der Waals surface area (Å²) in [5.41, 5.74) is 2.45. The first-order valence-corrected chi connectivity index (χ1v) is 7.43. The second-order valence-electron chi connectivity index (χ2n) is 5.08. The molecule has 1 amide bonds. The third kappa shape index (κ3) is 3.76. The first-order chi connectivity index (χ1) is 11.1. The molecule has 0 aliphatic rings. The van der Waals surface area contributed by atoms with E-state index in [0.717, 1.165) is 11.1 Å². The number of amides is 1. The van der Waals surface area contributed by atoms with Crippen LogP contribution in [0.15, 0.2) is 53.1 Å². The SMILES string of the molecule is Cc1cccc(-c2nc(CNC(=O)c3cccc(Cl)c3)no2)c1. The fourth-order valence-electron chi connectivity index (χ4n) is 2.11. The number of aromatic nitrogens is 2. The van der Waals surface area contributed by atoms with Crippen LogP contribution in [-0.2, 0) is 6.54 Å². The monoisotopic (exact) mass is 327 g/mol. The van der Waals surface area contributed by atoms with Crippen LogP contribution in [0.5, 0.6) is 0 Å². The number of carbonyl (C=O) groups is 1. The van der Waals surface area contributed by atoms with Crippen molar-refractivity contribution in [1.29, 1.82) is 0 Å². The van der Waals surface area contributed by atoms with Crippen LogP contribution >= 0.6 is 11.6 Å². The second kappa shape index (κ2) is 6.62. The van der Waals surface area contributed by atoms with Gasteiger partial charge < -0.3 is 9.84 Å². The van der Waals surface area contributed by atoms with Crippen molar-refractivity contribution in [2.24, 2.45) is 0 Å². The zero-order valence-corrected chi connectivity index (χ0v) is 13.2. The van der Waals surface area contributed by atoms with E-state index in [0.29, 0.717) is 22.3 Å². The topological polar surface area (TPSA) is 68.0 Å². The number of rotatable bonds is 4. The molecule has 1 aromatic heterocycles. The van der Waals surface area contributed by atoms with Crippen LogP contribution in [0.4, 0.5) is 0 Å². The van der Waals surface area contributed by atoms with E-state index in [1.165, 1.54) is 0 Å². The van der Waals surface area contributed by atoms with Gasteiger partial charge in [-0.3, -0.25) is 4.79 Å². The molecule has 6 heteroatoms. The third-order valence-corrected chi connectivity index (χ3v) is 3.46. The van der Waals surface area contributed by atoms with Gasteiger partial charge >= 0.3 is 0 Å². The minimum absolute atomic E-state index is 0.181. The number of aryl methyl sites for hydroxylation is 1. The molecule has 0 saturated carbocycles. The Labute approximate surface area is 138 Å². The molecule has 1 N–H and O–H groups in total. The molecule has 0 saturated heterocycles. The Bertz CT molecular complexity index is 845. The van der Waals surface area contributed by atoms with Crippen LogP contribution < -0.4 is 5.32 Å². The van der Waals surface area contributed by atoms with E-state index in [2.05, 4.69) is 15.5 Å². The first kappa shape index (κ1) is 15.2. The maximum Gasteiger partial charge on any atom is 0.257 e. The molecule has 0 aliphatic heterocycles. The van der Waals surface area contributed by atoms with Crippen LogP contribution in [0.1, 0.15) is 21.7 Å². The van der Waals surface area contributed by atoms with Gasteiger partial charge in [0, 0.05) is 16.1 Å². The van der Waals surface area contributed by atoms with E-state index in [4.69, 9.17) is 16.1 Å². The molecule has 23 heavy (non-hydrogen) atoms. The van der Waals surface area contributed by atoms with Crippen molar-refractivity contribution in [2.45, 2.75) is 13.5 Å². The zero-order chi connectivity index (χ0) is 16.2. The largest absolute Gasteiger partial charge is 0.345 e. The third-order valence-electron chi connectivity index (χ3n) is 3.23. The van der Waals surface area contributed by atoms with Gasteiger partial charge in [0.15, 0.2) is 5.82 Å². The summed E-state index contributed by atoms with van der Waals surface area (Å²) >= 11 is 5.87. The van der Waals surface area contributed by atoms with E-state index in [9.17, 15) is 4.79 Å². The van der Waals surface area contributed by atoms with Gasteiger partial charge in [0.1, 0.15) is 0 Å². The van der Waals surface area contributed by atoms with E-state index in [1.807, 2.05) is 31.2 Å². The summed E-state index contributed by atoms with van der Waals surface area (Å²) in [7, 11) is 0. The number of halogens is 1. The standard InChI is InChI=1S/C17H14ClN3O2/c1-11-4-2-6-13(8-11)17-20-15(21-23-17)10-19-16(22)12-5-3-7-14(18)9-12/h2-9H,10H2,1H3,(H,19,22). The molecule has 2 aromatic carbocycles. The molecule has 0 aliphatic carbocycles. The van der Waals surface area contributed by atoms with E-state index < -0.39 is 0 Å². The molecule has 3 rings (SSSR count). The van der Waals surface area contributed by atoms with Crippen molar-refractivity contribution in [1.82, 2.24) is 15.5 Å². The molecule has 0 bridgehead atoms. The van der Waals surface area contributed by atoms with Crippen molar-refractivity contribution in [2.75, 3.05) is 0 Å². The van der Waals surface area contributed by atoms with Crippen molar-refractivity contribution in [3.8, 4) is 11.5 Å². The highest BCUT2D eigenvalue weighted by molar-refractivity contribution is 6.30. The van der Waals surface area contributed by atoms with Gasteiger partial charge in [0.2, 0.25) is 0 Å². The Kier molecular flexibility index (Phi) is 4.39. The quantitative estimate of drug-likeness (QED) is 0.794. The molecule has 3 aromatic rings. The summed E-state index contributed by atoms with van der Waals surface area (Å²) in [6.45, 7) is 2.17. The van der Waals surface area contributed by atoms with Crippen LogP contribution in [0.3, 0.4) is 0 Å². The van der Waals surface area contributed by atoms with Crippen molar-refractivity contribution >= 4 is 17.5 Å². The number of hydrogen-bond acceptors (Lipinski definition) is 4. The van der Waals surface area contributed by atoms with Crippen LogP contribution in [0, 0.1) is 6.92 Å². The van der Waals surface area contributed by atoms with Gasteiger partial charge in [-0.2, -0.15) is 4.98 Å². The Morgan fingerprint density at radius 2 is 2.04 bits per heavy atom. The van der Waals surface area contributed by atoms with Gasteiger partial charge in [-0.15, -0.1) is 0 Å². The highest BCUT2D eigenvalue weighted by atomic mass is 35.5. The molecule has 0 unspecified atom stereocenters. The molecule has 0 atom stereocenters. The van der Waals surface area contributed by atoms with Crippen molar-refractivity contribution < 1.29 is 9.32 Å². The molecule has 5 nitrogen and oxygen atoms in total. The minimum Gasteiger partial charge on any atom is -0.345 e. The highest BCUT2D eigenvalue weighted by Crippen LogP contribution is 2.18. The van der Waals surface area contributed by atoms with Crippen molar-refractivity contribution in [3.05, 3.63) is 70.5 Å².